The monoisotopic (exact) mass is 384 g/mol. The zero-order chi connectivity index (χ0) is 19.9. The van der Waals surface area contributed by atoms with Gasteiger partial charge in [0.15, 0.2) is 0 Å². The molecule has 3 N–H and O–H groups in total. The van der Waals surface area contributed by atoms with Crippen LogP contribution in [0.4, 0.5) is 0 Å². The molecule has 1 fully saturated rings. The summed E-state index contributed by atoms with van der Waals surface area (Å²) < 4.78 is 5.31. The summed E-state index contributed by atoms with van der Waals surface area (Å²) in [5, 5.41) is 16.5. The van der Waals surface area contributed by atoms with Crippen LogP contribution in [0.15, 0.2) is 42.5 Å². The maximum atomic E-state index is 12.3. The summed E-state index contributed by atoms with van der Waals surface area (Å²) in [6.07, 6.45) is 1.60. The highest BCUT2D eigenvalue weighted by Gasteiger charge is 2.31. The van der Waals surface area contributed by atoms with Gasteiger partial charge in [-0.2, -0.15) is 0 Å². The number of fused-ring (bicyclic) bond motifs is 1. The van der Waals surface area contributed by atoms with Crippen molar-refractivity contribution < 1.29 is 24.2 Å². The van der Waals surface area contributed by atoms with Crippen LogP contribution in [0.1, 0.15) is 18.4 Å². The fourth-order valence-electron chi connectivity index (χ4n) is 3.50. The van der Waals surface area contributed by atoms with Crippen LogP contribution < -0.4 is 10.6 Å². The van der Waals surface area contributed by atoms with E-state index in [1.54, 1.807) is 0 Å². The van der Waals surface area contributed by atoms with Crippen LogP contribution in [0.3, 0.4) is 0 Å². The maximum absolute atomic E-state index is 12.3. The predicted octanol–water partition coefficient (Wildman–Crippen LogP) is 1.49. The van der Waals surface area contributed by atoms with E-state index in [1.807, 2.05) is 42.5 Å². The van der Waals surface area contributed by atoms with Gasteiger partial charge in [0.1, 0.15) is 6.04 Å². The Morgan fingerprint density at radius 2 is 1.89 bits per heavy atom. The van der Waals surface area contributed by atoms with E-state index in [0.29, 0.717) is 19.6 Å². The van der Waals surface area contributed by atoms with E-state index in [2.05, 4.69) is 10.6 Å². The molecule has 148 valence electrons. The highest BCUT2D eigenvalue weighted by Crippen LogP contribution is 2.19. The molecule has 2 aromatic rings. The lowest BCUT2D eigenvalue weighted by molar-refractivity contribution is -0.145. The zero-order valence-corrected chi connectivity index (χ0v) is 15.5. The predicted molar refractivity (Wildman–Crippen MR) is 104 cm³/mol. The highest BCUT2D eigenvalue weighted by atomic mass is 16.5. The molecule has 0 bridgehead atoms. The van der Waals surface area contributed by atoms with E-state index in [9.17, 15) is 19.5 Å². The Morgan fingerprint density at radius 3 is 2.64 bits per heavy atom. The third kappa shape index (κ3) is 5.07. The molecule has 3 rings (SSSR count). The normalized spacial score (nSPS) is 17.6. The minimum Gasteiger partial charge on any atom is -0.480 e. The fraction of sp³-hybridized carbons (Fsp3) is 0.381. The zero-order valence-electron chi connectivity index (χ0n) is 15.5. The first kappa shape index (κ1) is 19.8. The van der Waals surface area contributed by atoms with Crippen LogP contribution in [0.5, 0.6) is 0 Å². The first-order valence-corrected chi connectivity index (χ1v) is 9.38. The second-order valence-electron chi connectivity index (χ2n) is 6.95. The SMILES string of the molecule is O=C(Cc1cccc2ccccc12)NCC(=O)NC(C(=O)O)C1CCCOC1. The van der Waals surface area contributed by atoms with Crippen molar-refractivity contribution in [1.29, 1.82) is 0 Å². The Balaban J connectivity index is 1.53. The number of hydrogen-bond acceptors (Lipinski definition) is 4. The molecule has 0 aromatic heterocycles. The number of carbonyl (C=O) groups excluding carboxylic acids is 2. The lowest BCUT2D eigenvalue weighted by Gasteiger charge is -2.28. The fourth-order valence-corrected chi connectivity index (χ4v) is 3.50. The standard InChI is InChI=1S/C21H24N2O5/c24-18(11-15-7-3-6-14-5-1-2-9-17(14)15)22-12-19(25)23-20(21(26)27)16-8-4-10-28-13-16/h1-3,5-7,9,16,20H,4,8,10-13H2,(H,22,24)(H,23,25)(H,26,27). The molecule has 7 nitrogen and oxygen atoms in total. The van der Waals surface area contributed by atoms with Gasteiger partial charge in [-0.05, 0) is 29.2 Å². The average molecular weight is 384 g/mol. The van der Waals surface area contributed by atoms with E-state index < -0.39 is 17.9 Å². The highest BCUT2D eigenvalue weighted by molar-refractivity contribution is 5.92. The van der Waals surface area contributed by atoms with Crippen molar-refractivity contribution in [2.24, 2.45) is 5.92 Å². The Labute approximate surface area is 163 Å². The van der Waals surface area contributed by atoms with Crippen molar-refractivity contribution in [3.8, 4) is 0 Å². The lowest BCUT2D eigenvalue weighted by Crippen LogP contribution is -2.51. The van der Waals surface area contributed by atoms with Gasteiger partial charge in [-0.15, -0.1) is 0 Å². The summed E-state index contributed by atoms with van der Waals surface area (Å²) in [5.74, 6) is -2.17. The van der Waals surface area contributed by atoms with Crippen LogP contribution in [0.25, 0.3) is 10.8 Å². The van der Waals surface area contributed by atoms with E-state index in [-0.39, 0.29) is 24.8 Å². The van der Waals surface area contributed by atoms with Gasteiger partial charge in [-0.3, -0.25) is 9.59 Å². The molecular formula is C21H24N2O5. The number of carbonyl (C=O) groups is 3. The number of amides is 2. The van der Waals surface area contributed by atoms with Gasteiger partial charge in [0.2, 0.25) is 11.8 Å². The third-order valence-corrected chi connectivity index (χ3v) is 4.93. The number of carboxylic acid groups (broad SMARTS) is 1. The summed E-state index contributed by atoms with van der Waals surface area (Å²) in [7, 11) is 0. The van der Waals surface area contributed by atoms with E-state index in [0.717, 1.165) is 22.8 Å². The molecule has 1 aliphatic heterocycles. The molecule has 1 saturated heterocycles. The van der Waals surface area contributed by atoms with Crippen LogP contribution in [-0.2, 0) is 25.5 Å². The second kappa shape index (κ2) is 9.32. The average Bonchev–Trinajstić information content (AvgIpc) is 2.71. The Kier molecular flexibility index (Phi) is 6.60. The van der Waals surface area contributed by atoms with Gasteiger partial charge in [-0.25, -0.2) is 4.79 Å². The summed E-state index contributed by atoms with van der Waals surface area (Å²) in [6, 6.07) is 12.5. The van der Waals surface area contributed by atoms with Gasteiger partial charge in [0, 0.05) is 12.5 Å². The molecule has 1 heterocycles. The number of hydrogen-bond donors (Lipinski definition) is 3. The van der Waals surface area contributed by atoms with Gasteiger partial charge >= 0.3 is 5.97 Å². The topological polar surface area (TPSA) is 105 Å². The number of benzene rings is 2. The van der Waals surface area contributed by atoms with Crippen LogP contribution in [0, 0.1) is 5.92 Å². The van der Waals surface area contributed by atoms with Crippen molar-refractivity contribution in [3.63, 3.8) is 0 Å². The number of carboxylic acids is 1. The Morgan fingerprint density at radius 1 is 1.11 bits per heavy atom. The largest absolute Gasteiger partial charge is 0.480 e. The molecule has 28 heavy (non-hydrogen) atoms. The summed E-state index contributed by atoms with van der Waals surface area (Å²) >= 11 is 0. The minimum absolute atomic E-state index is 0.146. The van der Waals surface area contributed by atoms with Crippen LogP contribution in [-0.4, -0.2) is 48.7 Å². The quantitative estimate of drug-likeness (QED) is 0.671. The van der Waals surface area contributed by atoms with Gasteiger partial charge in [0.25, 0.3) is 0 Å². The van der Waals surface area contributed by atoms with Crippen molar-refractivity contribution in [3.05, 3.63) is 48.0 Å². The van der Waals surface area contributed by atoms with Crippen molar-refractivity contribution in [2.45, 2.75) is 25.3 Å². The maximum Gasteiger partial charge on any atom is 0.326 e. The molecule has 0 spiro atoms. The first-order valence-electron chi connectivity index (χ1n) is 9.38. The molecule has 0 radical (unpaired) electrons. The van der Waals surface area contributed by atoms with E-state index in [4.69, 9.17) is 4.74 Å². The van der Waals surface area contributed by atoms with Crippen molar-refractivity contribution >= 4 is 28.6 Å². The minimum atomic E-state index is -1.09. The van der Waals surface area contributed by atoms with Crippen molar-refractivity contribution in [2.75, 3.05) is 19.8 Å². The van der Waals surface area contributed by atoms with Gasteiger partial charge < -0.3 is 20.5 Å². The number of ether oxygens (including phenoxy) is 1. The van der Waals surface area contributed by atoms with E-state index in [1.165, 1.54) is 0 Å². The lowest BCUT2D eigenvalue weighted by atomic mass is 9.93. The summed E-state index contributed by atoms with van der Waals surface area (Å²) in [5.41, 5.74) is 0.874. The van der Waals surface area contributed by atoms with Crippen LogP contribution in [0.2, 0.25) is 0 Å². The molecule has 0 saturated carbocycles. The van der Waals surface area contributed by atoms with Crippen molar-refractivity contribution in [1.82, 2.24) is 10.6 Å². The molecule has 2 unspecified atom stereocenters. The number of rotatable bonds is 7. The molecule has 7 heteroatoms. The molecule has 2 aromatic carbocycles. The Bertz CT molecular complexity index is 855. The molecule has 2 amide bonds. The number of nitrogens with one attached hydrogen (secondary N) is 2. The van der Waals surface area contributed by atoms with Crippen LogP contribution >= 0.6 is 0 Å². The third-order valence-electron chi connectivity index (χ3n) is 4.93. The van der Waals surface area contributed by atoms with Gasteiger partial charge in [-0.1, -0.05) is 42.5 Å². The number of aliphatic carboxylic acids is 1. The molecule has 1 aliphatic rings. The summed E-state index contributed by atoms with van der Waals surface area (Å²) in [6.45, 7) is 0.659. The van der Waals surface area contributed by atoms with E-state index >= 15 is 0 Å². The van der Waals surface area contributed by atoms with Gasteiger partial charge in [0.05, 0.1) is 19.6 Å². The molecular weight excluding hydrogens is 360 g/mol. The molecule has 0 aliphatic carbocycles. The first-order chi connectivity index (χ1) is 13.5. The summed E-state index contributed by atoms with van der Waals surface area (Å²) in [4.78, 5) is 35.9. The Hall–Kier alpha value is -2.93. The smallest absolute Gasteiger partial charge is 0.326 e. The molecule has 2 atom stereocenters. The second-order valence-corrected chi connectivity index (χ2v) is 6.95.